The van der Waals surface area contributed by atoms with Gasteiger partial charge in [-0.25, -0.2) is 18.5 Å². The molecule has 20 heavy (non-hydrogen) atoms. The molecule has 0 saturated heterocycles. The largest absolute Gasteiger partial charge is 0.370 e. The summed E-state index contributed by atoms with van der Waals surface area (Å²) in [7, 11) is -2.09. The lowest BCUT2D eigenvalue weighted by Gasteiger charge is -2.30. The van der Waals surface area contributed by atoms with Gasteiger partial charge in [-0.3, -0.25) is 0 Å². The maximum atomic E-state index is 11.4. The van der Waals surface area contributed by atoms with Crippen molar-refractivity contribution in [3.63, 3.8) is 0 Å². The second-order valence-electron chi connectivity index (χ2n) is 4.36. The lowest BCUT2D eigenvalue weighted by atomic mass is 10.0. The third kappa shape index (κ3) is 2.72. The standard InChI is InChI=1S/C11H14ClN5O2S/c1-17-5-9(12)7-3-2-6(20(15,18)19)4-8(7)10(17)16-11(13)14/h2-5,10H,1H3,(H4,13,14,16)(H2,15,18,19). The molecule has 1 aromatic carbocycles. The smallest absolute Gasteiger partial charge is 0.238 e. The van der Waals surface area contributed by atoms with E-state index >= 15 is 0 Å². The first kappa shape index (κ1) is 14.6. The predicted molar refractivity (Wildman–Crippen MR) is 78.0 cm³/mol. The van der Waals surface area contributed by atoms with Crippen LogP contribution in [-0.2, 0) is 10.0 Å². The van der Waals surface area contributed by atoms with E-state index in [1.807, 2.05) is 0 Å². The maximum Gasteiger partial charge on any atom is 0.238 e. The van der Waals surface area contributed by atoms with Crippen LogP contribution >= 0.6 is 11.6 Å². The Bertz CT molecular complexity index is 710. The molecule has 7 nitrogen and oxygen atoms in total. The van der Waals surface area contributed by atoms with Gasteiger partial charge in [-0.15, -0.1) is 0 Å². The number of nitrogens with two attached hydrogens (primary N) is 3. The van der Waals surface area contributed by atoms with Crippen LogP contribution in [0.2, 0.25) is 0 Å². The number of fused-ring (bicyclic) bond motifs is 1. The van der Waals surface area contributed by atoms with Crippen molar-refractivity contribution < 1.29 is 8.42 Å². The monoisotopic (exact) mass is 315 g/mol. The number of hydrogen-bond donors (Lipinski definition) is 3. The molecule has 9 heteroatoms. The molecule has 0 amide bonds. The summed E-state index contributed by atoms with van der Waals surface area (Å²) in [6.45, 7) is 0. The molecule has 1 aliphatic rings. The molecule has 0 aromatic heterocycles. The second-order valence-corrected chi connectivity index (χ2v) is 6.33. The highest BCUT2D eigenvalue weighted by atomic mass is 35.5. The van der Waals surface area contributed by atoms with E-state index in [4.69, 9.17) is 28.2 Å². The van der Waals surface area contributed by atoms with Crippen LogP contribution < -0.4 is 16.6 Å². The van der Waals surface area contributed by atoms with E-state index in [1.54, 1.807) is 24.2 Å². The Hall–Kier alpha value is -1.77. The second kappa shape index (κ2) is 4.97. The van der Waals surface area contributed by atoms with Gasteiger partial charge in [0.2, 0.25) is 10.0 Å². The molecule has 1 aliphatic heterocycles. The molecule has 1 aromatic rings. The van der Waals surface area contributed by atoms with Gasteiger partial charge in [0.05, 0.1) is 9.93 Å². The van der Waals surface area contributed by atoms with Crippen LogP contribution in [0.4, 0.5) is 0 Å². The van der Waals surface area contributed by atoms with Gasteiger partial charge in [0.15, 0.2) is 12.1 Å². The van der Waals surface area contributed by atoms with Crippen LogP contribution in [0.3, 0.4) is 0 Å². The highest BCUT2D eigenvalue weighted by Gasteiger charge is 2.26. The van der Waals surface area contributed by atoms with E-state index in [2.05, 4.69) is 4.99 Å². The molecule has 0 radical (unpaired) electrons. The van der Waals surface area contributed by atoms with Crippen LogP contribution in [0.5, 0.6) is 0 Å². The van der Waals surface area contributed by atoms with E-state index < -0.39 is 16.2 Å². The van der Waals surface area contributed by atoms with Crippen molar-refractivity contribution in [3.05, 3.63) is 35.5 Å². The van der Waals surface area contributed by atoms with Gasteiger partial charge < -0.3 is 16.4 Å². The number of nitrogens with zero attached hydrogens (tertiary/aromatic N) is 2. The number of aliphatic imine (C=N–C) groups is 1. The third-order valence-corrected chi connectivity index (χ3v) is 4.07. The van der Waals surface area contributed by atoms with E-state index in [1.165, 1.54) is 12.1 Å². The summed E-state index contributed by atoms with van der Waals surface area (Å²) >= 11 is 6.14. The van der Waals surface area contributed by atoms with Gasteiger partial charge in [0, 0.05) is 24.4 Å². The zero-order valence-electron chi connectivity index (χ0n) is 10.6. The number of sulfonamides is 1. The summed E-state index contributed by atoms with van der Waals surface area (Å²) in [4.78, 5) is 5.73. The Labute approximate surface area is 121 Å². The van der Waals surface area contributed by atoms with Crippen molar-refractivity contribution in [2.24, 2.45) is 21.6 Å². The van der Waals surface area contributed by atoms with E-state index in [9.17, 15) is 8.42 Å². The molecule has 0 fully saturated rings. The maximum absolute atomic E-state index is 11.4. The van der Waals surface area contributed by atoms with Crippen LogP contribution in [0.25, 0.3) is 5.03 Å². The topological polar surface area (TPSA) is 128 Å². The molecular formula is C11H14ClN5O2S. The Balaban J connectivity index is 2.67. The Morgan fingerprint density at radius 3 is 2.60 bits per heavy atom. The van der Waals surface area contributed by atoms with Crippen molar-refractivity contribution in [1.82, 2.24) is 4.90 Å². The molecule has 1 heterocycles. The molecule has 0 bridgehead atoms. The fourth-order valence-electron chi connectivity index (χ4n) is 1.99. The Kier molecular flexibility index (Phi) is 3.63. The number of halogens is 1. The van der Waals surface area contributed by atoms with Crippen LogP contribution in [-0.4, -0.2) is 26.3 Å². The van der Waals surface area contributed by atoms with E-state index in [0.29, 0.717) is 16.2 Å². The average molecular weight is 316 g/mol. The highest BCUT2D eigenvalue weighted by Crippen LogP contribution is 2.37. The minimum atomic E-state index is -3.82. The summed E-state index contributed by atoms with van der Waals surface area (Å²) in [5, 5.41) is 5.60. The van der Waals surface area contributed by atoms with Gasteiger partial charge >= 0.3 is 0 Å². The minimum Gasteiger partial charge on any atom is -0.370 e. The van der Waals surface area contributed by atoms with Crippen LogP contribution in [0.15, 0.2) is 34.3 Å². The SMILES string of the molecule is CN1C=C(Cl)c2ccc(S(N)(=O)=O)cc2C1N=C(N)N. The zero-order valence-corrected chi connectivity index (χ0v) is 12.2. The quantitative estimate of drug-likeness (QED) is 0.526. The fraction of sp³-hybridized carbons (Fsp3) is 0.182. The number of guanidine groups is 1. The Morgan fingerprint density at radius 1 is 1.40 bits per heavy atom. The first-order chi connectivity index (χ1) is 9.20. The number of primary sulfonamides is 1. The number of hydrogen-bond acceptors (Lipinski definition) is 4. The average Bonchev–Trinajstić information content (AvgIpc) is 2.32. The highest BCUT2D eigenvalue weighted by molar-refractivity contribution is 7.89. The van der Waals surface area contributed by atoms with Gasteiger partial charge in [-0.2, -0.15) is 0 Å². The van der Waals surface area contributed by atoms with Gasteiger partial charge in [-0.1, -0.05) is 17.7 Å². The summed E-state index contributed by atoms with van der Waals surface area (Å²) < 4.78 is 22.9. The molecule has 1 unspecified atom stereocenters. The van der Waals surface area contributed by atoms with Crippen molar-refractivity contribution in [3.8, 4) is 0 Å². The Morgan fingerprint density at radius 2 is 2.05 bits per heavy atom. The van der Waals surface area contributed by atoms with Gasteiger partial charge in [-0.05, 0) is 12.1 Å². The van der Waals surface area contributed by atoms with E-state index in [0.717, 1.165) is 0 Å². The lowest BCUT2D eigenvalue weighted by molar-refractivity contribution is 0.343. The van der Waals surface area contributed by atoms with Crippen molar-refractivity contribution in [2.75, 3.05) is 7.05 Å². The van der Waals surface area contributed by atoms with Gasteiger partial charge in [0.25, 0.3) is 0 Å². The number of benzene rings is 1. The lowest BCUT2D eigenvalue weighted by Crippen LogP contribution is -2.29. The first-order valence-electron chi connectivity index (χ1n) is 5.55. The molecule has 2 rings (SSSR count). The third-order valence-electron chi connectivity index (χ3n) is 2.86. The zero-order chi connectivity index (χ0) is 15.1. The van der Waals surface area contributed by atoms with E-state index in [-0.39, 0.29) is 10.9 Å². The van der Waals surface area contributed by atoms with Crippen LogP contribution in [0.1, 0.15) is 17.3 Å². The summed E-state index contributed by atoms with van der Waals surface area (Å²) in [6, 6.07) is 4.39. The minimum absolute atomic E-state index is 0.0215. The van der Waals surface area contributed by atoms with Crippen molar-refractivity contribution >= 4 is 32.6 Å². The molecule has 1 atom stereocenters. The summed E-state index contributed by atoms with van der Waals surface area (Å²) in [5.41, 5.74) is 12.0. The molecule has 0 spiro atoms. The number of rotatable bonds is 2. The molecule has 108 valence electrons. The van der Waals surface area contributed by atoms with Gasteiger partial charge in [0.1, 0.15) is 0 Å². The van der Waals surface area contributed by atoms with Crippen LogP contribution in [0, 0.1) is 0 Å². The summed E-state index contributed by atoms with van der Waals surface area (Å²) in [6.07, 6.45) is 1.11. The molecule has 0 saturated carbocycles. The molecular weight excluding hydrogens is 302 g/mol. The summed E-state index contributed by atoms with van der Waals surface area (Å²) in [5.74, 6) is -0.111. The fourth-order valence-corrected chi connectivity index (χ4v) is 2.86. The van der Waals surface area contributed by atoms with Crippen molar-refractivity contribution in [1.29, 1.82) is 0 Å². The first-order valence-corrected chi connectivity index (χ1v) is 7.47. The predicted octanol–water partition coefficient (Wildman–Crippen LogP) is 0.0886. The molecule has 0 aliphatic carbocycles. The van der Waals surface area contributed by atoms with Crippen molar-refractivity contribution in [2.45, 2.75) is 11.1 Å². The molecule has 6 N–H and O–H groups in total. The normalized spacial score (nSPS) is 18.2.